The molecule has 0 amide bonds. The molecule has 0 radical (unpaired) electrons. The Balaban J connectivity index is 1.80. The summed E-state index contributed by atoms with van der Waals surface area (Å²) in [5.41, 5.74) is 3.42. The van der Waals surface area contributed by atoms with Gasteiger partial charge in [0.1, 0.15) is 5.75 Å². The molecular formula is C21H26N2O4. The molecular weight excluding hydrogens is 344 g/mol. The molecule has 1 fully saturated rings. The molecule has 0 bridgehead atoms. The maximum atomic E-state index is 12.9. The molecule has 2 heterocycles. The van der Waals surface area contributed by atoms with Gasteiger partial charge in [0.2, 0.25) is 0 Å². The molecule has 6 heteroatoms. The third-order valence-electron chi connectivity index (χ3n) is 5.29. The summed E-state index contributed by atoms with van der Waals surface area (Å²) >= 11 is 0. The Kier molecular flexibility index (Phi) is 5.65. The summed E-state index contributed by atoms with van der Waals surface area (Å²) < 4.78 is 10.2. The fourth-order valence-electron chi connectivity index (χ4n) is 3.94. The van der Waals surface area contributed by atoms with Crippen LogP contribution in [0.15, 0.2) is 24.3 Å². The zero-order valence-corrected chi connectivity index (χ0v) is 16.3. The number of carbonyl (C=O) groups excluding carboxylic acids is 2. The van der Waals surface area contributed by atoms with Crippen molar-refractivity contribution in [3.8, 4) is 5.75 Å². The van der Waals surface area contributed by atoms with Gasteiger partial charge in [0.25, 0.3) is 0 Å². The maximum absolute atomic E-state index is 12.9. The molecule has 144 valence electrons. The average Bonchev–Trinajstić information content (AvgIpc) is 3.25. The lowest BCUT2D eigenvalue weighted by Crippen LogP contribution is -2.30. The van der Waals surface area contributed by atoms with E-state index in [1.54, 1.807) is 21.0 Å². The fourth-order valence-corrected chi connectivity index (χ4v) is 3.94. The van der Waals surface area contributed by atoms with Crippen LogP contribution < -0.4 is 4.74 Å². The van der Waals surface area contributed by atoms with Crippen molar-refractivity contribution in [1.29, 1.82) is 0 Å². The van der Waals surface area contributed by atoms with E-state index in [-0.39, 0.29) is 11.8 Å². The number of rotatable bonds is 6. The van der Waals surface area contributed by atoms with E-state index in [0.717, 1.165) is 30.7 Å². The largest absolute Gasteiger partial charge is 0.497 e. The standard InChI is InChI=1S/C21H26N2O4/c1-13-19(21(25)27-4)14(2)22-20(13)18(24)12-23-10-6-9-17(23)15-7-5-8-16(11-15)26-3/h5,7-8,11,17,22H,6,9-10,12H2,1-4H3/t17-/m0/s1. The number of esters is 1. The van der Waals surface area contributed by atoms with Gasteiger partial charge in [0, 0.05) is 11.7 Å². The summed E-state index contributed by atoms with van der Waals surface area (Å²) in [5.74, 6) is 0.389. The van der Waals surface area contributed by atoms with Crippen molar-refractivity contribution in [3.63, 3.8) is 0 Å². The highest BCUT2D eigenvalue weighted by molar-refractivity contribution is 6.02. The van der Waals surface area contributed by atoms with Crippen LogP contribution in [-0.2, 0) is 4.74 Å². The number of aromatic amines is 1. The number of nitrogens with zero attached hydrogens (tertiary/aromatic N) is 1. The lowest BCUT2D eigenvalue weighted by molar-refractivity contribution is 0.0599. The molecule has 0 spiro atoms. The predicted octanol–water partition coefficient (Wildman–Crippen LogP) is 3.45. The summed E-state index contributed by atoms with van der Waals surface area (Å²) in [5, 5.41) is 0. The molecule has 1 N–H and O–H groups in total. The number of hydrogen-bond acceptors (Lipinski definition) is 5. The summed E-state index contributed by atoms with van der Waals surface area (Å²) in [6.45, 7) is 4.75. The Hall–Kier alpha value is -2.60. The van der Waals surface area contributed by atoms with Gasteiger partial charge in [-0.15, -0.1) is 0 Å². The molecule has 1 aliphatic heterocycles. The third kappa shape index (κ3) is 3.76. The van der Waals surface area contributed by atoms with Gasteiger partial charge >= 0.3 is 5.97 Å². The van der Waals surface area contributed by atoms with Crippen LogP contribution in [0, 0.1) is 13.8 Å². The number of likely N-dealkylation sites (tertiary alicyclic amines) is 1. The van der Waals surface area contributed by atoms with Crippen molar-refractivity contribution >= 4 is 11.8 Å². The third-order valence-corrected chi connectivity index (χ3v) is 5.29. The van der Waals surface area contributed by atoms with E-state index in [9.17, 15) is 9.59 Å². The van der Waals surface area contributed by atoms with Gasteiger partial charge in [-0.3, -0.25) is 9.69 Å². The van der Waals surface area contributed by atoms with Gasteiger partial charge in [0.05, 0.1) is 32.0 Å². The second-order valence-corrected chi connectivity index (χ2v) is 6.94. The Labute approximate surface area is 159 Å². The first-order chi connectivity index (χ1) is 13.0. The molecule has 27 heavy (non-hydrogen) atoms. The second-order valence-electron chi connectivity index (χ2n) is 6.94. The molecule has 0 saturated carbocycles. The zero-order chi connectivity index (χ0) is 19.6. The first-order valence-corrected chi connectivity index (χ1v) is 9.15. The monoisotopic (exact) mass is 370 g/mol. The van der Waals surface area contributed by atoms with E-state index in [4.69, 9.17) is 9.47 Å². The quantitative estimate of drug-likeness (QED) is 0.623. The number of aromatic nitrogens is 1. The van der Waals surface area contributed by atoms with Crippen molar-refractivity contribution < 1.29 is 19.1 Å². The van der Waals surface area contributed by atoms with Crippen LogP contribution in [0.25, 0.3) is 0 Å². The Morgan fingerprint density at radius 1 is 1.26 bits per heavy atom. The normalized spacial score (nSPS) is 17.1. The topological polar surface area (TPSA) is 71.6 Å². The van der Waals surface area contributed by atoms with Gasteiger partial charge < -0.3 is 14.5 Å². The van der Waals surface area contributed by atoms with Crippen LogP contribution in [0.1, 0.15) is 56.6 Å². The highest BCUT2D eigenvalue weighted by Crippen LogP contribution is 2.33. The molecule has 1 aliphatic rings. The fraction of sp³-hybridized carbons (Fsp3) is 0.429. The predicted molar refractivity (Wildman–Crippen MR) is 102 cm³/mol. The van der Waals surface area contributed by atoms with Gasteiger partial charge in [-0.25, -0.2) is 4.79 Å². The van der Waals surface area contributed by atoms with E-state index in [0.29, 0.717) is 29.1 Å². The van der Waals surface area contributed by atoms with Crippen molar-refractivity contribution in [3.05, 3.63) is 52.3 Å². The summed E-state index contributed by atoms with van der Waals surface area (Å²) in [4.78, 5) is 30.2. The van der Waals surface area contributed by atoms with E-state index in [1.165, 1.54) is 7.11 Å². The second kappa shape index (κ2) is 7.96. The maximum Gasteiger partial charge on any atom is 0.339 e. The average molecular weight is 370 g/mol. The lowest BCUT2D eigenvalue weighted by Gasteiger charge is -2.24. The van der Waals surface area contributed by atoms with Gasteiger partial charge in [-0.05, 0) is 56.5 Å². The molecule has 6 nitrogen and oxygen atoms in total. The van der Waals surface area contributed by atoms with Crippen molar-refractivity contribution in [1.82, 2.24) is 9.88 Å². The molecule has 1 aromatic heterocycles. The van der Waals surface area contributed by atoms with E-state index >= 15 is 0 Å². The van der Waals surface area contributed by atoms with Gasteiger partial charge in [-0.2, -0.15) is 0 Å². The van der Waals surface area contributed by atoms with Gasteiger partial charge in [-0.1, -0.05) is 12.1 Å². The smallest absolute Gasteiger partial charge is 0.339 e. The number of aryl methyl sites for hydroxylation is 1. The molecule has 1 aromatic carbocycles. The Morgan fingerprint density at radius 2 is 2.04 bits per heavy atom. The Morgan fingerprint density at radius 3 is 2.74 bits per heavy atom. The minimum Gasteiger partial charge on any atom is -0.497 e. The summed E-state index contributed by atoms with van der Waals surface area (Å²) in [6.07, 6.45) is 2.06. The van der Waals surface area contributed by atoms with E-state index in [1.807, 2.05) is 18.2 Å². The summed E-state index contributed by atoms with van der Waals surface area (Å²) in [7, 11) is 3.00. The number of benzene rings is 1. The minimum absolute atomic E-state index is 0.0134. The zero-order valence-electron chi connectivity index (χ0n) is 16.3. The molecule has 1 saturated heterocycles. The number of carbonyl (C=O) groups is 2. The molecule has 3 rings (SSSR count). The first-order valence-electron chi connectivity index (χ1n) is 9.15. The highest BCUT2D eigenvalue weighted by atomic mass is 16.5. The van der Waals surface area contributed by atoms with Crippen LogP contribution in [0.5, 0.6) is 5.75 Å². The Bertz CT molecular complexity index is 856. The molecule has 2 aromatic rings. The van der Waals surface area contributed by atoms with Crippen LogP contribution >= 0.6 is 0 Å². The number of H-pyrrole nitrogens is 1. The molecule has 1 atom stereocenters. The van der Waals surface area contributed by atoms with Crippen LogP contribution in [0.4, 0.5) is 0 Å². The summed E-state index contributed by atoms with van der Waals surface area (Å²) in [6, 6.07) is 8.21. The van der Waals surface area contributed by atoms with Crippen molar-refractivity contribution in [2.24, 2.45) is 0 Å². The number of hydrogen-bond donors (Lipinski definition) is 1. The lowest BCUT2D eigenvalue weighted by atomic mass is 10.0. The minimum atomic E-state index is -0.421. The van der Waals surface area contributed by atoms with E-state index < -0.39 is 5.97 Å². The number of ether oxygens (including phenoxy) is 2. The van der Waals surface area contributed by atoms with Crippen molar-refractivity contribution in [2.45, 2.75) is 32.7 Å². The number of methoxy groups -OCH3 is 2. The van der Waals surface area contributed by atoms with Gasteiger partial charge in [0.15, 0.2) is 5.78 Å². The number of ketones is 1. The van der Waals surface area contributed by atoms with Crippen molar-refractivity contribution in [2.75, 3.05) is 27.3 Å². The molecule has 0 unspecified atom stereocenters. The van der Waals surface area contributed by atoms with E-state index in [2.05, 4.69) is 16.0 Å². The number of Topliss-reactive ketones (excluding diaryl/α,β-unsaturated/α-hetero) is 1. The SMILES string of the molecule is COC(=O)c1c(C)[nH]c(C(=O)CN2CCC[C@H]2c2cccc(OC)c2)c1C. The van der Waals surface area contributed by atoms with Crippen LogP contribution in [0.3, 0.4) is 0 Å². The molecule has 0 aliphatic carbocycles. The number of nitrogens with one attached hydrogen (secondary N) is 1. The van der Waals surface area contributed by atoms with Crippen LogP contribution in [0.2, 0.25) is 0 Å². The highest BCUT2D eigenvalue weighted by Gasteiger charge is 2.30. The van der Waals surface area contributed by atoms with Crippen LogP contribution in [-0.4, -0.2) is 48.9 Å². The first kappa shape index (κ1) is 19.2.